The maximum absolute atomic E-state index is 13.5. The summed E-state index contributed by atoms with van der Waals surface area (Å²) in [5.74, 6) is -0.778. The van der Waals surface area contributed by atoms with E-state index in [0.29, 0.717) is 13.0 Å². The summed E-state index contributed by atoms with van der Waals surface area (Å²) in [4.78, 5) is 44.4. The number of nitrogens with two attached hydrogens (primary N) is 1. The molecule has 0 unspecified atom stereocenters. The number of carbonyl (C=O) groups excluding carboxylic acids is 1. The summed E-state index contributed by atoms with van der Waals surface area (Å²) in [5, 5.41) is 21.9. The molecule has 0 spiro atoms. The molecule has 6 N–H and O–H groups in total. The zero-order chi connectivity index (χ0) is 24.0. The Morgan fingerprint density at radius 1 is 1.15 bits per heavy atom. The molecule has 0 fully saturated rings. The molecule has 0 atom stereocenters. The number of rotatable bonds is 5. The van der Waals surface area contributed by atoms with E-state index in [1.807, 2.05) is 0 Å². The first kappa shape index (κ1) is 22.9. The normalized spacial score (nSPS) is 10.3. The number of anilines is 1. The molecule has 0 aliphatic rings. The molecule has 33 heavy (non-hydrogen) atoms. The molecular formula is C21H19FN6O5. The van der Waals surface area contributed by atoms with Crippen molar-refractivity contribution in [3.63, 3.8) is 0 Å². The second kappa shape index (κ2) is 10.0. The van der Waals surface area contributed by atoms with Crippen molar-refractivity contribution in [2.24, 2.45) is 5.73 Å². The fourth-order valence-corrected chi connectivity index (χ4v) is 2.98. The highest BCUT2D eigenvalue weighted by atomic mass is 19.1. The molecule has 0 saturated heterocycles. The van der Waals surface area contributed by atoms with Gasteiger partial charge in [-0.3, -0.25) is 14.6 Å². The van der Waals surface area contributed by atoms with E-state index < -0.39 is 17.1 Å². The second-order valence-corrected chi connectivity index (χ2v) is 6.64. The van der Waals surface area contributed by atoms with E-state index >= 15 is 0 Å². The average Bonchev–Trinajstić information content (AvgIpc) is 2.77. The molecule has 0 saturated carbocycles. The maximum atomic E-state index is 13.5. The SMILES string of the molecule is NC=O.O=c1[nH]c2nc(NCCc3ccc(O)c(O)c3)ncc2c(=O)n1-c1cccc(F)c1. The van der Waals surface area contributed by atoms with Crippen LogP contribution in [0.25, 0.3) is 16.7 Å². The summed E-state index contributed by atoms with van der Waals surface area (Å²) in [7, 11) is 0. The molecule has 170 valence electrons. The summed E-state index contributed by atoms with van der Waals surface area (Å²) < 4.78 is 14.3. The minimum atomic E-state index is -0.748. The number of hydrogen-bond acceptors (Lipinski definition) is 8. The van der Waals surface area contributed by atoms with E-state index in [1.165, 1.54) is 36.5 Å². The third-order valence-corrected chi connectivity index (χ3v) is 4.45. The standard InChI is InChI=1S/C20H16FN5O4.CH3NO/c21-12-2-1-3-13(9-12)26-18(29)14-10-23-19(24-17(14)25-20(26)30)22-7-6-11-4-5-15(27)16(28)8-11;2-1-3/h1-5,8-10,27-28H,6-7H2,(H2,22,23,24,25,30);1H,(H2,2,3). The number of primary amides is 1. The van der Waals surface area contributed by atoms with Crippen molar-refractivity contribution in [1.29, 1.82) is 0 Å². The van der Waals surface area contributed by atoms with Gasteiger partial charge >= 0.3 is 5.69 Å². The van der Waals surface area contributed by atoms with Crippen molar-refractivity contribution in [3.8, 4) is 17.2 Å². The van der Waals surface area contributed by atoms with E-state index in [0.717, 1.165) is 16.2 Å². The lowest BCUT2D eigenvalue weighted by atomic mass is 10.1. The van der Waals surface area contributed by atoms with Gasteiger partial charge in [0, 0.05) is 12.7 Å². The molecule has 0 bridgehead atoms. The Kier molecular flexibility index (Phi) is 6.98. The Balaban J connectivity index is 0.000000968. The molecule has 2 aromatic carbocycles. The van der Waals surface area contributed by atoms with Crippen LogP contribution in [0.3, 0.4) is 0 Å². The van der Waals surface area contributed by atoms with Crippen molar-refractivity contribution in [2.45, 2.75) is 6.42 Å². The van der Waals surface area contributed by atoms with Crippen molar-refractivity contribution in [1.82, 2.24) is 19.5 Å². The predicted molar refractivity (Wildman–Crippen MR) is 118 cm³/mol. The lowest BCUT2D eigenvalue weighted by Crippen LogP contribution is -2.34. The van der Waals surface area contributed by atoms with Gasteiger partial charge in [0.1, 0.15) is 11.2 Å². The van der Waals surface area contributed by atoms with Crippen LogP contribution in [0, 0.1) is 5.82 Å². The molecule has 1 amide bonds. The molecule has 4 aromatic rings. The summed E-state index contributed by atoms with van der Waals surface area (Å²) in [6, 6.07) is 9.66. The van der Waals surface area contributed by atoms with Gasteiger partial charge in [-0.2, -0.15) is 4.98 Å². The first-order valence-electron chi connectivity index (χ1n) is 9.52. The van der Waals surface area contributed by atoms with E-state index in [1.54, 1.807) is 6.07 Å². The number of halogens is 1. The molecule has 0 aliphatic carbocycles. The van der Waals surface area contributed by atoms with Crippen molar-refractivity contribution in [3.05, 3.63) is 80.9 Å². The maximum Gasteiger partial charge on any atom is 0.334 e. The molecule has 2 aromatic heterocycles. The number of phenols is 2. The van der Waals surface area contributed by atoms with Crippen LogP contribution >= 0.6 is 0 Å². The number of nitrogens with one attached hydrogen (secondary N) is 2. The van der Waals surface area contributed by atoms with Gasteiger partial charge in [-0.15, -0.1) is 0 Å². The first-order valence-corrected chi connectivity index (χ1v) is 9.52. The van der Waals surface area contributed by atoms with Crippen LogP contribution in [0.5, 0.6) is 11.5 Å². The topological polar surface area (TPSA) is 176 Å². The Bertz CT molecular complexity index is 1420. The molecule has 11 nitrogen and oxygen atoms in total. The zero-order valence-corrected chi connectivity index (χ0v) is 17.0. The van der Waals surface area contributed by atoms with Gasteiger partial charge in [0.2, 0.25) is 12.4 Å². The van der Waals surface area contributed by atoms with E-state index in [4.69, 9.17) is 4.79 Å². The lowest BCUT2D eigenvalue weighted by Gasteiger charge is -2.08. The molecule has 0 aliphatic heterocycles. The number of nitrogens with zero attached hydrogens (tertiary/aromatic N) is 3. The molecular weight excluding hydrogens is 435 g/mol. The number of fused-ring (bicyclic) bond motifs is 1. The van der Waals surface area contributed by atoms with Crippen LogP contribution in [0.15, 0.2) is 58.3 Å². The third-order valence-electron chi connectivity index (χ3n) is 4.45. The van der Waals surface area contributed by atoms with E-state index in [-0.39, 0.29) is 40.6 Å². The Labute approximate surface area is 185 Å². The van der Waals surface area contributed by atoms with Crippen LogP contribution in [0.4, 0.5) is 10.3 Å². The van der Waals surface area contributed by atoms with Crippen molar-refractivity contribution >= 4 is 23.4 Å². The third kappa shape index (κ3) is 5.31. The van der Waals surface area contributed by atoms with Crippen molar-refractivity contribution in [2.75, 3.05) is 11.9 Å². The number of benzene rings is 2. The first-order chi connectivity index (χ1) is 15.8. The van der Waals surface area contributed by atoms with Gasteiger partial charge in [0.25, 0.3) is 5.56 Å². The minimum Gasteiger partial charge on any atom is -0.504 e. The number of H-pyrrole nitrogens is 1. The summed E-state index contributed by atoms with van der Waals surface area (Å²) in [6.07, 6.45) is 2.04. The number of aromatic hydroxyl groups is 2. The fraction of sp³-hybridized carbons (Fsp3) is 0.0952. The number of hydrogen-bond donors (Lipinski definition) is 5. The highest BCUT2D eigenvalue weighted by Crippen LogP contribution is 2.25. The smallest absolute Gasteiger partial charge is 0.334 e. The largest absolute Gasteiger partial charge is 0.504 e. The molecule has 12 heteroatoms. The van der Waals surface area contributed by atoms with Gasteiger partial charge in [-0.1, -0.05) is 12.1 Å². The highest BCUT2D eigenvalue weighted by molar-refractivity contribution is 5.73. The lowest BCUT2D eigenvalue weighted by molar-refractivity contribution is -0.106. The summed E-state index contributed by atoms with van der Waals surface area (Å²) in [5.41, 5.74) is 3.69. The number of aromatic amines is 1. The van der Waals surface area contributed by atoms with Gasteiger partial charge in [0.05, 0.1) is 5.69 Å². The summed E-state index contributed by atoms with van der Waals surface area (Å²) in [6.45, 7) is 0.403. The Morgan fingerprint density at radius 3 is 2.61 bits per heavy atom. The van der Waals surface area contributed by atoms with Crippen molar-refractivity contribution < 1.29 is 19.4 Å². The molecule has 0 radical (unpaired) electrons. The van der Waals surface area contributed by atoms with Gasteiger partial charge in [0.15, 0.2) is 17.1 Å². The minimum absolute atomic E-state index is 0.0532. The number of phenolic OH excluding ortho intramolecular Hbond substituents is 2. The van der Waals surface area contributed by atoms with Crippen LogP contribution < -0.4 is 22.3 Å². The predicted octanol–water partition coefficient (Wildman–Crippen LogP) is 0.775. The van der Waals surface area contributed by atoms with E-state index in [9.17, 15) is 24.2 Å². The van der Waals surface area contributed by atoms with Crippen LogP contribution in [0.1, 0.15) is 5.56 Å². The second-order valence-electron chi connectivity index (χ2n) is 6.64. The number of carbonyl (C=O) groups is 1. The molecule has 4 rings (SSSR count). The average molecular weight is 454 g/mol. The monoisotopic (exact) mass is 454 g/mol. The Hall–Kier alpha value is -4.74. The zero-order valence-electron chi connectivity index (χ0n) is 17.0. The van der Waals surface area contributed by atoms with Crippen LogP contribution in [-0.4, -0.2) is 42.7 Å². The van der Waals surface area contributed by atoms with Crippen LogP contribution in [-0.2, 0) is 11.2 Å². The van der Waals surface area contributed by atoms with Gasteiger partial charge in [-0.25, -0.2) is 18.7 Å². The Morgan fingerprint density at radius 2 is 1.91 bits per heavy atom. The summed E-state index contributed by atoms with van der Waals surface area (Å²) >= 11 is 0. The van der Waals surface area contributed by atoms with Gasteiger partial charge < -0.3 is 21.3 Å². The fourth-order valence-electron chi connectivity index (χ4n) is 2.98. The quantitative estimate of drug-likeness (QED) is 0.217. The number of aromatic nitrogens is 4. The van der Waals surface area contributed by atoms with Gasteiger partial charge in [-0.05, 0) is 42.3 Å². The number of amides is 1. The van der Waals surface area contributed by atoms with E-state index in [2.05, 4.69) is 26.0 Å². The molecule has 2 heterocycles. The van der Waals surface area contributed by atoms with Crippen LogP contribution in [0.2, 0.25) is 0 Å². The highest BCUT2D eigenvalue weighted by Gasteiger charge is 2.12.